The van der Waals surface area contributed by atoms with Gasteiger partial charge in [-0.05, 0) is 102 Å². The minimum Gasteiger partial charge on any atom is -0.375 e. The Morgan fingerprint density at radius 3 is 2.15 bits per heavy atom. The highest BCUT2D eigenvalue weighted by atomic mass is 16.5. The van der Waals surface area contributed by atoms with E-state index in [-0.39, 0.29) is 0 Å². The van der Waals surface area contributed by atoms with Crippen LogP contribution < -0.4 is 0 Å². The standard InChI is InChI=1S/C31H53NO2/c1-2-4-6-8-17-29(22-21-27-14-10-11-15-27)33-26-28-16-13-24-32(28)25-23-31-20-12-19-30(34-31)18-9-7-5-3-1/h1,3,21-22,27-31H,2,4-20,23-26H2. The molecule has 3 fully saturated rings. The highest BCUT2D eigenvalue weighted by Gasteiger charge is 2.28. The van der Waals surface area contributed by atoms with E-state index < -0.39 is 0 Å². The van der Waals surface area contributed by atoms with Crippen LogP contribution in [0.5, 0.6) is 0 Å². The van der Waals surface area contributed by atoms with E-state index >= 15 is 0 Å². The molecular formula is C31H53NO2. The van der Waals surface area contributed by atoms with Crippen LogP contribution in [0.3, 0.4) is 0 Å². The lowest BCUT2D eigenvalue weighted by Crippen LogP contribution is -2.37. The van der Waals surface area contributed by atoms with Crippen LogP contribution in [-0.2, 0) is 9.47 Å². The summed E-state index contributed by atoms with van der Waals surface area (Å²) in [5.41, 5.74) is 0. The minimum atomic E-state index is 0.315. The SMILES string of the molecule is C1=CCCCCC2CCCC(CCN3CCCC3COC(C=CC3CCCC3)CCCCC1)O2. The number of hydrogen-bond acceptors (Lipinski definition) is 3. The molecule has 34 heavy (non-hydrogen) atoms. The van der Waals surface area contributed by atoms with Crippen LogP contribution in [0.25, 0.3) is 0 Å². The molecule has 194 valence electrons. The average Bonchev–Trinajstić information content (AvgIpc) is 3.54. The van der Waals surface area contributed by atoms with Crippen LogP contribution in [0.4, 0.5) is 0 Å². The third-order valence-electron chi connectivity index (χ3n) is 8.85. The van der Waals surface area contributed by atoms with Gasteiger partial charge in [-0.2, -0.15) is 0 Å². The highest BCUT2D eigenvalue weighted by Crippen LogP contribution is 2.28. The lowest BCUT2D eigenvalue weighted by Gasteiger charge is -2.32. The first-order valence-corrected chi connectivity index (χ1v) is 15.2. The van der Waals surface area contributed by atoms with E-state index in [0.29, 0.717) is 24.4 Å². The Balaban J connectivity index is 1.31. The molecular weight excluding hydrogens is 418 g/mol. The van der Waals surface area contributed by atoms with Crippen molar-refractivity contribution in [3.8, 4) is 0 Å². The van der Waals surface area contributed by atoms with E-state index in [4.69, 9.17) is 9.47 Å². The van der Waals surface area contributed by atoms with Gasteiger partial charge in [-0.15, -0.1) is 0 Å². The lowest BCUT2D eigenvalue weighted by atomic mass is 9.98. The Morgan fingerprint density at radius 2 is 1.29 bits per heavy atom. The maximum absolute atomic E-state index is 6.62. The molecule has 3 heteroatoms. The van der Waals surface area contributed by atoms with Crippen molar-refractivity contribution >= 4 is 0 Å². The monoisotopic (exact) mass is 471 g/mol. The Labute approximate surface area is 210 Å². The number of hydrogen-bond donors (Lipinski definition) is 0. The van der Waals surface area contributed by atoms with Crippen molar-refractivity contribution in [1.29, 1.82) is 0 Å². The molecule has 4 unspecified atom stereocenters. The van der Waals surface area contributed by atoms with Crippen LogP contribution in [0.2, 0.25) is 0 Å². The maximum atomic E-state index is 6.62. The molecule has 4 aliphatic rings. The topological polar surface area (TPSA) is 21.7 Å². The van der Waals surface area contributed by atoms with Gasteiger partial charge in [0, 0.05) is 12.6 Å². The molecule has 0 radical (unpaired) electrons. The Kier molecular flexibility index (Phi) is 12.0. The highest BCUT2D eigenvalue weighted by molar-refractivity contribution is 4.96. The molecule has 2 saturated heterocycles. The van der Waals surface area contributed by atoms with Crippen LogP contribution in [0.15, 0.2) is 24.3 Å². The summed E-state index contributed by atoms with van der Waals surface area (Å²) in [6, 6.07) is 0.612. The summed E-state index contributed by atoms with van der Waals surface area (Å²) in [6.45, 7) is 3.36. The number of rotatable bonds is 2. The molecule has 1 saturated carbocycles. The van der Waals surface area contributed by atoms with Crippen molar-refractivity contribution in [2.45, 2.75) is 146 Å². The van der Waals surface area contributed by atoms with E-state index in [1.807, 2.05) is 0 Å². The largest absolute Gasteiger partial charge is 0.375 e. The maximum Gasteiger partial charge on any atom is 0.0756 e. The van der Waals surface area contributed by atoms with Gasteiger partial charge in [-0.3, -0.25) is 4.90 Å². The van der Waals surface area contributed by atoms with E-state index in [1.165, 1.54) is 135 Å². The van der Waals surface area contributed by atoms with Gasteiger partial charge in [0.15, 0.2) is 0 Å². The molecule has 0 spiro atoms. The second-order valence-corrected chi connectivity index (χ2v) is 11.6. The molecule has 0 N–H and O–H groups in total. The van der Waals surface area contributed by atoms with Crippen molar-refractivity contribution in [1.82, 2.24) is 4.90 Å². The molecule has 4 rings (SSSR count). The van der Waals surface area contributed by atoms with Gasteiger partial charge in [0.2, 0.25) is 0 Å². The van der Waals surface area contributed by atoms with Crippen LogP contribution in [0, 0.1) is 5.92 Å². The predicted molar refractivity (Wildman–Crippen MR) is 143 cm³/mol. The van der Waals surface area contributed by atoms with Crippen LogP contribution in [0.1, 0.15) is 122 Å². The summed E-state index contributed by atoms with van der Waals surface area (Å²) in [5, 5.41) is 0. The van der Waals surface area contributed by atoms with Gasteiger partial charge in [0.1, 0.15) is 0 Å². The van der Waals surface area contributed by atoms with Crippen LogP contribution >= 0.6 is 0 Å². The summed E-state index contributed by atoms with van der Waals surface area (Å²) in [6.07, 6.45) is 36.0. The van der Waals surface area contributed by atoms with Crippen molar-refractivity contribution in [2.24, 2.45) is 5.92 Å². The van der Waals surface area contributed by atoms with Crippen molar-refractivity contribution in [3.05, 3.63) is 24.3 Å². The van der Waals surface area contributed by atoms with Gasteiger partial charge >= 0.3 is 0 Å². The van der Waals surface area contributed by atoms with Gasteiger partial charge in [0.05, 0.1) is 24.9 Å². The predicted octanol–water partition coefficient (Wildman–Crippen LogP) is 7.99. The molecule has 3 aliphatic heterocycles. The molecule has 3 heterocycles. The lowest BCUT2D eigenvalue weighted by molar-refractivity contribution is -0.0615. The zero-order chi connectivity index (χ0) is 23.3. The molecule has 4 atom stereocenters. The van der Waals surface area contributed by atoms with E-state index in [2.05, 4.69) is 29.2 Å². The minimum absolute atomic E-state index is 0.315. The molecule has 0 aromatic heterocycles. The normalized spacial score (nSPS) is 34.7. The number of allylic oxidation sites excluding steroid dienone is 3. The van der Waals surface area contributed by atoms with Crippen LogP contribution in [-0.4, -0.2) is 49.0 Å². The smallest absolute Gasteiger partial charge is 0.0756 e. The second-order valence-electron chi connectivity index (χ2n) is 11.6. The third-order valence-corrected chi connectivity index (χ3v) is 8.85. The Morgan fingerprint density at radius 1 is 0.588 bits per heavy atom. The Bertz CT molecular complexity index is 596. The summed E-state index contributed by atoms with van der Waals surface area (Å²) in [7, 11) is 0. The second kappa shape index (κ2) is 15.5. The molecule has 1 aliphatic carbocycles. The molecule has 0 amide bonds. The average molecular weight is 472 g/mol. The van der Waals surface area contributed by atoms with E-state index in [9.17, 15) is 0 Å². The number of ether oxygens (including phenoxy) is 2. The van der Waals surface area contributed by atoms with Crippen molar-refractivity contribution < 1.29 is 9.47 Å². The molecule has 2 bridgehead atoms. The Hall–Kier alpha value is -0.640. The fourth-order valence-corrected chi connectivity index (χ4v) is 6.65. The fraction of sp³-hybridized carbons (Fsp3) is 0.871. The zero-order valence-corrected chi connectivity index (χ0v) is 22.0. The van der Waals surface area contributed by atoms with Gasteiger partial charge < -0.3 is 9.47 Å². The first kappa shape index (κ1) is 26.4. The van der Waals surface area contributed by atoms with E-state index in [0.717, 1.165) is 12.5 Å². The quantitative estimate of drug-likeness (QED) is 0.381. The first-order chi connectivity index (χ1) is 16.9. The summed E-state index contributed by atoms with van der Waals surface area (Å²) in [4.78, 5) is 2.72. The molecule has 3 nitrogen and oxygen atoms in total. The molecule has 0 aromatic rings. The summed E-state index contributed by atoms with van der Waals surface area (Å²) < 4.78 is 13.2. The van der Waals surface area contributed by atoms with Crippen molar-refractivity contribution in [2.75, 3.05) is 19.7 Å². The van der Waals surface area contributed by atoms with Gasteiger partial charge in [0.25, 0.3) is 0 Å². The number of fused-ring (bicyclic) bond motifs is 3. The third kappa shape index (κ3) is 9.43. The summed E-state index contributed by atoms with van der Waals surface area (Å²) in [5.74, 6) is 0.807. The fourth-order valence-electron chi connectivity index (χ4n) is 6.65. The van der Waals surface area contributed by atoms with E-state index in [1.54, 1.807) is 0 Å². The van der Waals surface area contributed by atoms with Crippen molar-refractivity contribution in [3.63, 3.8) is 0 Å². The first-order valence-electron chi connectivity index (χ1n) is 15.2. The van der Waals surface area contributed by atoms with Gasteiger partial charge in [-0.1, -0.05) is 56.4 Å². The zero-order valence-electron chi connectivity index (χ0n) is 22.0. The molecule has 0 aromatic carbocycles. The summed E-state index contributed by atoms with van der Waals surface area (Å²) >= 11 is 0. The van der Waals surface area contributed by atoms with Gasteiger partial charge in [-0.25, -0.2) is 0 Å². The number of nitrogens with zero attached hydrogens (tertiary/aromatic N) is 1.